The summed E-state index contributed by atoms with van der Waals surface area (Å²) in [4.78, 5) is 11.6. The second-order valence-electron chi connectivity index (χ2n) is 8.14. The maximum absolute atomic E-state index is 11.6. The monoisotopic (exact) mass is 294 g/mol. The van der Waals surface area contributed by atoms with Gasteiger partial charge in [-0.2, -0.15) is 0 Å². The Morgan fingerprint density at radius 2 is 1.86 bits per heavy atom. The zero-order chi connectivity index (χ0) is 15.0. The number of carbonyl (C=O) groups excluding carboxylic acids is 1. The van der Waals surface area contributed by atoms with Gasteiger partial charge in [0.15, 0.2) is 0 Å². The van der Waals surface area contributed by atoms with Crippen molar-refractivity contribution < 1.29 is 9.53 Å². The van der Waals surface area contributed by atoms with Crippen LogP contribution < -0.4 is 10.6 Å². The fraction of sp³-hybridized carbons (Fsp3) is 0.941. The highest BCUT2D eigenvalue weighted by Crippen LogP contribution is 2.58. The molecule has 3 aliphatic carbocycles. The van der Waals surface area contributed by atoms with Crippen molar-refractivity contribution in [3.8, 4) is 0 Å². The summed E-state index contributed by atoms with van der Waals surface area (Å²) in [6, 6.07) is 0.690. The van der Waals surface area contributed by atoms with E-state index in [1.807, 2.05) is 20.8 Å². The molecule has 0 saturated heterocycles. The molecule has 3 saturated carbocycles. The lowest BCUT2D eigenvalue weighted by atomic mass is 9.79. The second-order valence-corrected chi connectivity index (χ2v) is 8.14. The van der Waals surface area contributed by atoms with Crippen LogP contribution in [0.1, 0.15) is 52.9 Å². The standard InChI is InChI=1S/C17H30N2O2/c1-17(2,3)21-16(20)19-8-7-18-15-10-11-9-14(15)13-6-4-5-12(11)13/h11-15,18H,4-10H2,1-3H3,(H,19,20). The molecule has 1 amide bonds. The Labute approximate surface area is 128 Å². The second kappa shape index (κ2) is 5.79. The van der Waals surface area contributed by atoms with Crippen LogP contribution in [0.2, 0.25) is 0 Å². The van der Waals surface area contributed by atoms with E-state index in [1.54, 1.807) is 0 Å². The Morgan fingerprint density at radius 1 is 1.10 bits per heavy atom. The van der Waals surface area contributed by atoms with E-state index in [-0.39, 0.29) is 6.09 Å². The Balaban J connectivity index is 1.35. The Morgan fingerprint density at radius 3 is 2.62 bits per heavy atom. The summed E-state index contributed by atoms with van der Waals surface area (Å²) in [6.45, 7) is 7.16. The molecule has 5 atom stereocenters. The Bertz CT molecular complexity index is 391. The Kier molecular flexibility index (Phi) is 4.17. The van der Waals surface area contributed by atoms with Crippen LogP contribution in [0.15, 0.2) is 0 Å². The summed E-state index contributed by atoms with van der Waals surface area (Å²) in [5.74, 6) is 3.94. The van der Waals surface area contributed by atoms with Crippen LogP contribution in [0.4, 0.5) is 4.79 Å². The fourth-order valence-corrected chi connectivity index (χ4v) is 5.04. The Hall–Kier alpha value is -0.770. The molecule has 3 rings (SSSR count). The third-order valence-electron chi connectivity index (χ3n) is 5.63. The van der Waals surface area contributed by atoms with Crippen LogP contribution in [0, 0.1) is 23.7 Å². The smallest absolute Gasteiger partial charge is 0.407 e. The van der Waals surface area contributed by atoms with Gasteiger partial charge >= 0.3 is 6.09 Å². The lowest BCUT2D eigenvalue weighted by molar-refractivity contribution is 0.0527. The zero-order valence-electron chi connectivity index (χ0n) is 13.7. The van der Waals surface area contributed by atoms with E-state index in [1.165, 1.54) is 32.1 Å². The molecule has 21 heavy (non-hydrogen) atoms. The molecule has 4 nitrogen and oxygen atoms in total. The molecule has 0 aromatic rings. The van der Waals surface area contributed by atoms with Crippen LogP contribution in [0.3, 0.4) is 0 Å². The molecule has 5 unspecified atom stereocenters. The lowest BCUT2D eigenvalue weighted by Gasteiger charge is -2.32. The first-order valence-corrected chi connectivity index (χ1v) is 8.64. The number of carbonyl (C=O) groups is 1. The number of hydrogen-bond donors (Lipinski definition) is 2. The van der Waals surface area contributed by atoms with Crippen LogP contribution in [0.25, 0.3) is 0 Å². The molecule has 0 radical (unpaired) electrons. The molecule has 2 bridgehead atoms. The van der Waals surface area contributed by atoms with E-state index in [0.29, 0.717) is 12.6 Å². The van der Waals surface area contributed by atoms with Gasteiger partial charge in [0, 0.05) is 19.1 Å². The molecule has 0 aliphatic heterocycles. The van der Waals surface area contributed by atoms with Gasteiger partial charge in [0.2, 0.25) is 0 Å². The van der Waals surface area contributed by atoms with Crippen LogP contribution in [-0.2, 0) is 4.74 Å². The summed E-state index contributed by atoms with van der Waals surface area (Å²) in [5, 5.41) is 6.50. The highest BCUT2D eigenvalue weighted by molar-refractivity contribution is 5.67. The third-order valence-corrected chi connectivity index (χ3v) is 5.63. The molecule has 0 aromatic heterocycles. The van der Waals surface area contributed by atoms with E-state index >= 15 is 0 Å². The van der Waals surface area contributed by atoms with Gasteiger partial charge in [-0.25, -0.2) is 4.79 Å². The molecule has 2 N–H and O–H groups in total. The zero-order valence-corrected chi connectivity index (χ0v) is 13.7. The van der Waals surface area contributed by atoms with Gasteiger partial charge in [0.1, 0.15) is 5.60 Å². The molecular weight excluding hydrogens is 264 g/mol. The predicted molar refractivity (Wildman–Crippen MR) is 83.1 cm³/mol. The minimum atomic E-state index is -0.417. The van der Waals surface area contributed by atoms with Crippen molar-refractivity contribution in [2.24, 2.45) is 23.7 Å². The van der Waals surface area contributed by atoms with Crippen molar-refractivity contribution in [3.05, 3.63) is 0 Å². The molecule has 4 heteroatoms. The third kappa shape index (κ3) is 3.36. The van der Waals surface area contributed by atoms with Gasteiger partial charge in [-0.05, 0) is 70.1 Å². The summed E-state index contributed by atoms with van der Waals surface area (Å²) < 4.78 is 5.24. The minimum Gasteiger partial charge on any atom is -0.444 e. The van der Waals surface area contributed by atoms with Gasteiger partial charge in [0.05, 0.1) is 0 Å². The molecule has 0 heterocycles. The first-order valence-electron chi connectivity index (χ1n) is 8.64. The van der Waals surface area contributed by atoms with E-state index < -0.39 is 5.60 Å². The molecule has 3 aliphatic rings. The van der Waals surface area contributed by atoms with Crippen molar-refractivity contribution in [2.45, 2.75) is 64.5 Å². The van der Waals surface area contributed by atoms with Gasteiger partial charge in [-0.15, -0.1) is 0 Å². The van der Waals surface area contributed by atoms with Gasteiger partial charge in [-0.3, -0.25) is 0 Å². The van der Waals surface area contributed by atoms with E-state index in [4.69, 9.17) is 4.74 Å². The number of alkyl carbamates (subject to hydrolysis) is 1. The fourth-order valence-electron chi connectivity index (χ4n) is 5.04. The quantitative estimate of drug-likeness (QED) is 0.784. The largest absolute Gasteiger partial charge is 0.444 e. The number of hydrogen-bond acceptors (Lipinski definition) is 3. The van der Waals surface area contributed by atoms with Crippen molar-refractivity contribution >= 4 is 6.09 Å². The number of fused-ring (bicyclic) bond motifs is 5. The average Bonchev–Trinajstić information content (AvgIpc) is 3.04. The summed E-state index contributed by atoms with van der Waals surface area (Å²) in [5.41, 5.74) is -0.417. The van der Waals surface area contributed by atoms with Gasteiger partial charge in [0.25, 0.3) is 0 Å². The number of nitrogens with one attached hydrogen (secondary N) is 2. The topological polar surface area (TPSA) is 50.4 Å². The predicted octanol–water partition coefficient (Wildman–Crippen LogP) is 2.93. The molecule has 3 fully saturated rings. The van der Waals surface area contributed by atoms with Crippen LogP contribution in [0.5, 0.6) is 0 Å². The van der Waals surface area contributed by atoms with Crippen molar-refractivity contribution in [1.82, 2.24) is 10.6 Å². The van der Waals surface area contributed by atoms with Crippen molar-refractivity contribution in [1.29, 1.82) is 0 Å². The minimum absolute atomic E-state index is 0.312. The van der Waals surface area contributed by atoms with Gasteiger partial charge in [-0.1, -0.05) is 6.42 Å². The SMILES string of the molecule is CC(C)(C)OC(=O)NCCNC1CC2CC1C1CCCC21. The molecule has 120 valence electrons. The van der Waals surface area contributed by atoms with Crippen LogP contribution >= 0.6 is 0 Å². The van der Waals surface area contributed by atoms with E-state index in [9.17, 15) is 4.79 Å². The number of rotatable bonds is 4. The van der Waals surface area contributed by atoms with Gasteiger partial charge < -0.3 is 15.4 Å². The lowest BCUT2D eigenvalue weighted by Crippen LogP contribution is -2.43. The number of ether oxygens (including phenoxy) is 1. The van der Waals surface area contributed by atoms with Crippen molar-refractivity contribution in [3.63, 3.8) is 0 Å². The molecule has 0 spiro atoms. The normalized spacial score (nSPS) is 37.6. The first-order chi connectivity index (χ1) is 9.94. The van der Waals surface area contributed by atoms with E-state index in [2.05, 4.69) is 10.6 Å². The highest BCUT2D eigenvalue weighted by Gasteiger charge is 2.53. The van der Waals surface area contributed by atoms with Crippen LogP contribution in [-0.4, -0.2) is 30.8 Å². The van der Waals surface area contributed by atoms with E-state index in [0.717, 1.165) is 30.2 Å². The highest BCUT2D eigenvalue weighted by atomic mass is 16.6. The maximum atomic E-state index is 11.6. The maximum Gasteiger partial charge on any atom is 0.407 e. The summed E-state index contributed by atoms with van der Waals surface area (Å²) in [6.07, 6.45) is 6.90. The summed E-state index contributed by atoms with van der Waals surface area (Å²) >= 11 is 0. The first kappa shape index (κ1) is 15.1. The average molecular weight is 294 g/mol. The van der Waals surface area contributed by atoms with Crippen molar-refractivity contribution in [2.75, 3.05) is 13.1 Å². The summed E-state index contributed by atoms with van der Waals surface area (Å²) in [7, 11) is 0. The molecule has 0 aromatic carbocycles. The molecular formula is C17H30N2O2. The number of amides is 1.